The number of hydrogen-bond acceptors (Lipinski definition) is 5. The molecule has 8 heteroatoms. The molecule has 1 aliphatic heterocycles. The van der Waals surface area contributed by atoms with Gasteiger partial charge < -0.3 is 20.1 Å². The molecular formula is C18H18Cl2N4O2. The number of aliphatic hydroxyl groups is 1. The van der Waals surface area contributed by atoms with Crippen molar-refractivity contribution in [3.8, 4) is 0 Å². The van der Waals surface area contributed by atoms with Crippen LogP contribution in [0.1, 0.15) is 31.6 Å². The Kier molecular flexibility index (Phi) is 4.31. The number of hydrogen-bond donors (Lipinski definition) is 2. The monoisotopic (exact) mass is 392 g/mol. The smallest absolute Gasteiger partial charge is 0.147 e. The van der Waals surface area contributed by atoms with E-state index in [-0.39, 0.29) is 12.3 Å². The summed E-state index contributed by atoms with van der Waals surface area (Å²) in [6, 6.07) is 7.00. The van der Waals surface area contributed by atoms with Crippen molar-refractivity contribution in [3.63, 3.8) is 0 Å². The molecule has 0 spiro atoms. The van der Waals surface area contributed by atoms with Gasteiger partial charge in [0.2, 0.25) is 0 Å². The lowest BCUT2D eigenvalue weighted by Crippen LogP contribution is -2.36. The molecule has 0 saturated carbocycles. The van der Waals surface area contributed by atoms with Crippen molar-refractivity contribution in [2.24, 2.45) is 0 Å². The summed E-state index contributed by atoms with van der Waals surface area (Å²) in [5, 5.41) is 12.7. The number of ether oxygens (including phenoxy) is 1. The van der Waals surface area contributed by atoms with Gasteiger partial charge in [-0.1, -0.05) is 29.3 Å². The highest BCUT2D eigenvalue weighted by molar-refractivity contribution is 6.42. The Hall–Kier alpha value is -1.86. The third-order valence-electron chi connectivity index (χ3n) is 4.98. The molecule has 0 amide bonds. The van der Waals surface area contributed by atoms with Crippen molar-refractivity contribution in [1.82, 2.24) is 14.5 Å². The predicted octanol–water partition coefficient (Wildman–Crippen LogP) is 3.91. The number of anilines is 1. The van der Waals surface area contributed by atoms with E-state index in [2.05, 4.69) is 9.97 Å². The molecule has 0 aliphatic carbocycles. The third-order valence-corrected chi connectivity index (χ3v) is 5.72. The first-order valence-electron chi connectivity index (χ1n) is 8.28. The van der Waals surface area contributed by atoms with Gasteiger partial charge in [0.15, 0.2) is 0 Å². The van der Waals surface area contributed by atoms with Crippen LogP contribution >= 0.6 is 23.2 Å². The topological polar surface area (TPSA) is 86.2 Å². The molecule has 1 fully saturated rings. The van der Waals surface area contributed by atoms with Crippen molar-refractivity contribution in [3.05, 3.63) is 52.4 Å². The van der Waals surface area contributed by atoms with Crippen molar-refractivity contribution in [2.45, 2.75) is 37.7 Å². The summed E-state index contributed by atoms with van der Waals surface area (Å²) >= 11 is 12.1. The summed E-state index contributed by atoms with van der Waals surface area (Å²) in [7, 11) is 0. The lowest BCUT2D eigenvalue weighted by atomic mass is 9.88. The second-order valence-corrected chi connectivity index (χ2v) is 7.47. The van der Waals surface area contributed by atoms with E-state index in [1.165, 1.54) is 6.33 Å². The van der Waals surface area contributed by atoms with Gasteiger partial charge in [-0.2, -0.15) is 0 Å². The lowest BCUT2D eigenvalue weighted by molar-refractivity contribution is -0.113. The molecule has 26 heavy (non-hydrogen) atoms. The van der Waals surface area contributed by atoms with Gasteiger partial charge in [-0.25, -0.2) is 9.97 Å². The number of nitrogens with two attached hydrogens (primary N) is 1. The molecule has 0 radical (unpaired) electrons. The Morgan fingerprint density at radius 3 is 2.81 bits per heavy atom. The average Bonchev–Trinajstić information content (AvgIpc) is 3.24. The van der Waals surface area contributed by atoms with Crippen LogP contribution in [-0.2, 0) is 10.3 Å². The average molecular weight is 393 g/mol. The van der Waals surface area contributed by atoms with Gasteiger partial charge in [-0.15, -0.1) is 0 Å². The van der Waals surface area contributed by atoms with Crippen LogP contribution in [0.4, 0.5) is 5.82 Å². The van der Waals surface area contributed by atoms with E-state index in [4.69, 9.17) is 33.7 Å². The highest BCUT2D eigenvalue weighted by Crippen LogP contribution is 2.41. The molecule has 136 valence electrons. The highest BCUT2D eigenvalue weighted by atomic mass is 35.5. The number of nitrogens with zero attached hydrogens (tertiary/aromatic N) is 3. The number of halogens is 2. The highest BCUT2D eigenvalue weighted by Gasteiger charge is 2.41. The molecule has 3 N–H and O–H groups in total. The van der Waals surface area contributed by atoms with Crippen molar-refractivity contribution in [2.75, 3.05) is 5.73 Å². The fourth-order valence-electron chi connectivity index (χ4n) is 3.46. The molecule has 3 atom stereocenters. The van der Waals surface area contributed by atoms with Crippen LogP contribution in [0.2, 0.25) is 10.0 Å². The first-order chi connectivity index (χ1) is 12.4. The first kappa shape index (κ1) is 17.5. The molecule has 2 aromatic heterocycles. The van der Waals surface area contributed by atoms with Crippen LogP contribution in [0, 0.1) is 0 Å². The Morgan fingerprint density at radius 2 is 2.04 bits per heavy atom. The largest absolute Gasteiger partial charge is 0.383 e. The van der Waals surface area contributed by atoms with Gasteiger partial charge >= 0.3 is 0 Å². The van der Waals surface area contributed by atoms with Crippen LogP contribution in [0.3, 0.4) is 0 Å². The first-order valence-corrected chi connectivity index (χ1v) is 9.04. The van der Waals surface area contributed by atoms with Crippen LogP contribution in [0.5, 0.6) is 0 Å². The summed E-state index contributed by atoms with van der Waals surface area (Å²) in [6.45, 7) is 1.73. The fraction of sp³-hybridized carbons (Fsp3) is 0.333. The quantitative estimate of drug-likeness (QED) is 0.705. The van der Waals surface area contributed by atoms with Gasteiger partial charge in [0.25, 0.3) is 0 Å². The van der Waals surface area contributed by atoms with Crippen molar-refractivity contribution >= 4 is 40.1 Å². The predicted molar refractivity (Wildman–Crippen MR) is 101 cm³/mol. The lowest BCUT2D eigenvalue weighted by Gasteiger charge is -2.31. The second kappa shape index (κ2) is 6.39. The van der Waals surface area contributed by atoms with E-state index in [0.29, 0.717) is 27.8 Å². The van der Waals surface area contributed by atoms with E-state index in [9.17, 15) is 5.11 Å². The Morgan fingerprint density at radius 1 is 1.23 bits per heavy atom. The maximum absolute atomic E-state index is 11.1. The molecule has 0 bridgehead atoms. The molecule has 1 aromatic carbocycles. The Balaban J connectivity index is 1.61. The summed E-state index contributed by atoms with van der Waals surface area (Å²) in [6.07, 6.45) is 4.14. The normalized spacial score (nSPS) is 22.6. The minimum atomic E-state index is -1.19. The third kappa shape index (κ3) is 2.83. The van der Waals surface area contributed by atoms with E-state index < -0.39 is 5.60 Å². The molecule has 6 nitrogen and oxygen atoms in total. The Labute approximate surface area is 160 Å². The number of fused-ring (bicyclic) bond motifs is 1. The van der Waals surface area contributed by atoms with Crippen molar-refractivity contribution in [1.29, 1.82) is 0 Å². The molecule has 1 saturated heterocycles. The van der Waals surface area contributed by atoms with Crippen LogP contribution in [0.25, 0.3) is 11.0 Å². The fourth-order valence-corrected chi connectivity index (χ4v) is 3.76. The molecule has 3 heterocycles. The molecule has 1 aliphatic rings. The summed E-state index contributed by atoms with van der Waals surface area (Å²) < 4.78 is 8.11. The van der Waals surface area contributed by atoms with E-state index in [1.807, 2.05) is 16.8 Å². The van der Waals surface area contributed by atoms with E-state index in [0.717, 1.165) is 17.5 Å². The maximum atomic E-state index is 11.1. The number of benzene rings is 1. The van der Waals surface area contributed by atoms with Gasteiger partial charge in [0, 0.05) is 6.20 Å². The summed E-state index contributed by atoms with van der Waals surface area (Å²) in [5.74, 6) is 0.436. The van der Waals surface area contributed by atoms with Crippen molar-refractivity contribution < 1.29 is 9.84 Å². The van der Waals surface area contributed by atoms with Crippen LogP contribution < -0.4 is 5.73 Å². The summed E-state index contributed by atoms with van der Waals surface area (Å²) in [5.41, 5.74) is 6.09. The SMILES string of the molecule is CC(O)(c1ccc(Cl)c(Cl)c1)[C@@H]1CC[C@H](n2ccc3c(N)ncnc32)O1. The number of rotatable bonds is 3. The van der Waals surface area contributed by atoms with Crippen LogP contribution in [0.15, 0.2) is 36.8 Å². The standard InChI is InChI=1S/C18H18Cl2N4O2/c1-18(25,10-2-3-12(19)13(20)8-10)14-4-5-15(26-14)24-7-6-11-16(21)22-9-23-17(11)24/h2-3,6-9,14-15,25H,4-5H2,1H3,(H2,21,22,23)/t14-,15+,18?/m0/s1. The minimum Gasteiger partial charge on any atom is -0.383 e. The molecular weight excluding hydrogens is 375 g/mol. The minimum absolute atomic E-state index is 0.235. The van der Waals surface area contributed by atoms with Crippen LogP contribution in [-0.4, -0.2) is 25.7 Å². The zero-order chi connectivity index (χ0) is 18.5. The number of aromatic nitrogens is 3. The zero-order valence-electron chi connectivity index (χ0n) is 14.1. The Bertz CT molecular complexity index is 973. The van der Waals surface area contributed by atoms with Gasteiger partial charge in [-0.05, 0) is 43.5 Å². The molecule has 1 unspecified atom stereocenters. The second-order valence-electron chi connectivity index (χ2n) is 6.65. The molecule has 3 aromatic rings. The zero-order valence-corrected chi connectivity index (χ0v) is 15.6. The molecule has 4 rings (SSSR count). The summed E-state index contributed by atoms with van der Waals surface area (Å²) in [4.78, 5) is 8.32. The van der Waals surface area contributed by atoms with Gasteiger partial charge in [0.05, 0.1) is 21.5 Å². The van der Waals surface area contributed by atoms with Gasteiger partial charge in [0.1, 0.15) is 29.6 Å². The number of nitrogen functional groups attached to an aromatic ring is 1. The van der Waals surface area contributed by atoms with E-state index >= 15 is 0 Å². The maximum Gasteiger partial charge on any atom is 0.147 e. The van der Waals surface area contributed by atoms with Gasteiger partial charge in [-0.3, -0.25) is 0 Å². The van der Waals surface area contributed by atoms with E-state index in [1.54, 1.807) is 25.1 Å².